The SMILES string of the molecule is CCCSc1nc(SCC(=O)NCc2ccccc2)c2c3c(sc2n1)CO[C@](C)(CC)C3. The number of nitrogens with zero attached hydrogens (tertiary/aromatic N) is 2. The van der Waals surface area contributed by atoms with Gasteiger partial charge in [0.2, 0.25) is 5.91 Å². The lowest BCUT2D eigenvalue weighted by molar-refractivity contribution is -0.118. The van der Waals surface area contributed by atoms with E-state index < -0.39 is 0 Å². The van der Waals surface area contributed by atoms with Gasteiger partial charge in [0.1, 0.15) is 9.86 Å². The van der Waals surface area contributed by atoms with E-state index in [4.69, 9.17) is 14.7 Å². The van der Waals surface area contributed by atoms with Gasteiger partial charge in [-0.2, -0.15) is 0 Å². The molecule has 0 spiro atoms. The summed E-state index contributed by atoms with van der Waals surface area (Å²) in [7, 11) is 0. The van der Waals surface area contributed by atoms with Crippen molar-refractivity contribution in [1.29, 1.82) is 0 Å². The Morgan fingerprint density at radius 1 is 1.22 bits per heavy atom. The van der Waals surface area contributed by atoms with Crippen molar-refractivity contribution in [2.75, 3.05) is 11.5 Å². The van der Waals surface area contributed by atoms with E-state index in [-0.39, 0.29) is 11.5 Å². The molecule has 170 valence electrons. The number of carbonyl (C=O) groups excluding carboxylic acids is 1. The van der Waals surface area contributed by atoms with Crippen molar-refractivity contribution < 1.29 is 9.53 Å². The minimum atomic E-state index is -0.161. The average molecular weight is 488 g/mol. The van der Waals surface area contributed by atoms with Crippen LogP contribution in [0.2, 0.25) is 0 Å². The third-order valence-corrected chi connectivity index (χ3v) is 8.77. The van der Waals surface area contributed by atoms with Crippen LogP contribution in [0, 0.1) is 0 Å². The van der Waals surface area contributed by atoms with Crippen LogP contribution < -0.4 is 5.32 Å². The van der Waals surface area contributed by atoms with E-state index >= 15 is 0 Å². The number of carbonyl (C=O) groups is 1. The van der Waals surface area contributed by atoms with E-state index in [1.807, 2.05) is 30.3 Å². The molecule has 0 bridgehead atoms. The first-order valence-corrected chi connectivity index (χ1v) is 13.8. The Bertz CT molecular complexity index is 1090. The normalized spacial score (nSPS) is 18.0. The van der Waals surface area contributed by atoms with Gasteiger partial charge in [0.05, 0.1) is 18.0 Å². The van der Waals surface area contributed by atoms with Crippen LogP contribution in [0.5, 0.6) is 0 Å². The fraction of sp³-hybridized carbons (Fsp3) is 0.458. The number of amides is 1. The Morgan fingerprint density at radius 3 is 2.78 bits per heavy atom. The lowest BCUT2D eigenvalue weighted by Gasteiger charge is -2.33. The van der Waals surface area contributed by atoms with Gasteiger partial charge in [-0.25, -0.2) is 9.97 Å². The molecule has 2 aromatic heterocycles. The summed E-state index contributed by atoms with van der Waals surface area (Å²) < 4.78 is 6.16. The predicted octanol–water partition coefficient (Wildman–Crippen LogP) is 5.84. The zero-order valence-electron chi connectivity index (χ0n) is 18.8. The number of thioether (sulfide) groups is 2. The molecule has 1 aliphatic heterocycles. The highest BCUT2D eigenvalue weighted by atomic mass is 32.2. The van der Waals surface area contributed by atoms with E-state index in [0.29, 0.717) is 18.9 Å². The Hall–Kier alpha value is -1.61. The summed E-state index contributed by atoms with van der Waals surface area (Å²) in [5.74, 6) is 1.33. The molecule has 5 nitrogen and oxygen atoms in total. The van der Waals surface area contributed by atoms with Crippen molar-refractivity contribution in [3.05, 3.63) is 46.3 Å². The number of rotatable bonds is 9. The molecule has 0 aliphatic carbocycles. The van der Waals surface area contributed by atoms with Gasteiger partial charge in [-0.05, 0) is 30.9 Å². The minimum absolute atomic E-state index is 0.0132. The summed E-state index contributed by atoms with van der Waals surface area (Å²) in [5.41, 5.74) is 2.24. The third kappa shape index (κ3) is 5.47. The highest BCUT2D eigenvalue weighted by Crippen LogP contribution is 2.43. The zero-order valence-corrected chi connectivity index (χ0v) is 21.2. The molecule has 32 heavy (non-hydrogen) atoms. The van der Waals surface area contributed by atoms with Crippen molar-refractivity contribution in [3.63, 3.8) is 0 Å². The summed E-state index contributed by atoms with van der Waals surface area (Å²) in [6.07, 6.45) is 2.89. The number of ether oxygens (including phenoxy) is 1. The van der Waals surface area contributed by atoms with Crippen LogP contribution in [0.15, 0.2) is 40.5 Å². The lowest BCUT2D eigenvalue weighted by atomic mass is 9.90. The topological polar surface area (TPSA) is 64.1 Å². The van der Waals surface area contributed by atoms with Gasteiger partial charge < -0.3 is 10.1 Å². The highest BCUT2D eigenvalue weighted by molar-refractivity contribution is 8.00. The second kappa shape index (κ2) is 10.5. The molecule has 0 unspecified atom stereocenters. The molecule has 4 rings (SSSR count). The average Bonchev–Trinajstić information content (AvgIpc) is 3.18. The second-order valence-corrected chi connectivity index (χ2v) is 11.3. The van der Waals surface area contributed by atoms with Gasteiger partial charge in [0.25, 0.3) is 0 Å². The molecule has 3 heterocycles. The van der Waals surface area contributed by atoms with Crippen LogP contribution >= 0.6 is 34.9 Å². The standard InChI is InChI=1S/C24H29N3O2S3/c1-4-11-30-23-26-21(31-15-19(28)25-13-16-9-7-6-8-10-16)20-17-12-24(3,5-2)29-14-18(17)32-22(20)27-23/h6-10H,4-5,11-15H2,1-3H3,(H,25,28)/t24-/m1/s1. The van der Waals surface area contributed by atoms with Crippen LogP contribution in [0.1, 0.15) is 49.6 Å². The molecular weight excluding hydrogens is 458 g/mol. The van der Waals surface area contributed by atoms with Gasteiger partial charge >= 0.3 is 0 Å². The molecule has 0 saturated heterocycles. The largest absolute Gasteiger partial charge is 0.369 e. The Labute approximate surface area is 202 Å². The number of aromatic nitrogens is 2. The zero-order chi connectivity index (χ0) is 22.6. The van der Waals surface area contributed by atoms with Gasteiger partial charge in [0.15, 0.2) is 5.16 Å². The van der Waals surface area contributed by atoms with Crippen molar-refractivity contribution in [1.82, 2.24) is 15.3 Å². The Morgan fingerprint density at radius 2 is 2.03 bits per heavy atom. The Kier molecular flexibility index (Phi) is 7.76. The lowest BCUT2D eigenvalue weighted by Crippen LogP contribution is -2.33. The molecule has 1 aliphatic rings. The molecule has 1 atom stereocenters. The highest BCUT2D eigenvalue weighted by Gasteiger charge is 2.33. The van der Waals surface area contributed by atoms with Crippen LogP contribution in [-0.2, 0) is 29.1 Å². The van der Waals surface area contributed by atoms with E-state index in [2.05, 4.69) is 26.1 Å². The van der Waals surface area contributed by atoms with Crippen LogP contribution in [-0.4, -0.2) is 33.0 Å². The van der Waals surface area contributed by atoms with E-state index in [0.717, 1.165) is 51.0 Å². The molecular formula is C24H29N3O2S3. The van der Waals surface area contributed by atoms with Crippen molar-refractivity contribution in [2.45, 2.75) is 69.0 Å². The number of hydrogen-bond acceptors (Lipinski definition) is 7. The summed E-state index contributed by atoms with van der Waals surface area (Å²) in [6.45, 7) is 7.67. The van der Waals surface area contributed by atoms with Crippen LogP contribution in [0.3, 0.4) is 0 Å². The smallest absolute Gasteiger partial charge is 0.230 e. The molecule has 3 aromatic rings. The van der Waals surface area contributed by atoms with E-state index in [1.54, 1.807) is 23.1 Å². The monoisotopic (exact) mass is 487 g/mol. The molecule has 1 aromatic carbocycles. The van der Waals surface area contributed by atoms with Gasteiger partial charge in [0, 0.05) is 29.0 Å². The molecule has 0 radical (unpaired) electrons. The Balaban J connectivity index is 1.56. The van der Waals surface area contributed by atoms with Crippen molar-refractivity contribution in [3.8, 4) is 0 Å². The quantitative estimate of drug-likeness (QED) is 0.232. The first-order chi connectivity index (χ1) is 15.5. The summed E-state index contributed by atoms with van der Waals surface area (Å²) in [5, 5.41) is 5.85. The summed E-state index contributed by atoms with van der Waals surface area (Å²) in [6, 6.07) is 9.98. The maximum absolute atomic E-state index is 12.6. The summed E-state index contributed by atoms with van der Waals surface area (Å²) in [4.78, 5) is 24.6. The maximum atomic E-state index is 12.6. The van der Waals surface area contributed by atoms with Crippen molar-refractivity contribution >= 4 is 51.0 Å². The van der Waals surface area contributed by atoms with Gasteiger partial charge in [-0.3, -0.25) is 4.79 Å². The van der Waals surface area contributed by atoms with E-state index in [9.17, 15) is 4.79 Å². The maximum Gasteiger partial charge on any atom is 0.230 e. The van der Waals surface area contributed by atoms with Crippen LogP contribution in [0.25, 0.3) is 10.2 Å². The van der Waals surface area contributed by atoms with Gasteiger partial charge in [-0.15, -0.1) is 11.3 Å². The number of thiophene rings is 1. The first kappa shape index (κ1) is 23.5. The van der Waals surface area contributed by atoms with Gasteiger partial charge in [-0.1, -0.05) is 67.7 Å². The number of hydrogen-bond donors (Lipinski definition) is 1. The third-order valence-electron chi connectivity index (χ3n) is 5.64. The summed E-state index contributed by atoms with van der Waals surface area (Å²) >= 11 is 4.91. The first-order valence-electron chi connectivity index (χ1n) is 11.0. The number of fused-ring (bicyclic) bond motifs is 3. The fourth-order valence-electron chi connectivity index (χ4n) is 3.59. The second-order valence-electron chi connectivity index (χ2n) is 8.16. The molecule has 8 heteroatoms. The van der Waals surface area contributed by atoms with E-state index in [1.165, 1.54) is 22.2 Å². The molecule has 0 fully saturated rings. The number of benzene rings is 1. The number of nitrogens with one attached hydrogen (secondary N) is 1. The molecule has 1 N–H and O–H groups in total. The predicted molar refractivity (Wildman–Crippen MR) is 135 cm³/mol. The minimum Gasteiger partial charge on any atom is -0.369 e. The van der Waals surface area contributed by atoms with Crippen LogP contribution in [0.4, 0.5) is 0 Å². The van der Waals surface area contributed by atoms with Crippen molar-refractivity contribution in [2.24, 2.45) is 0 Å². The molecule has 1 amide bonds. The molecule has 0 saturated carbocycles. The fourth-order valence-corrected chi connectivity index (χ4v) is 6.46.